The van der Waals surface area contributed by atoms with Crippen LogP contribution >= 0.6 is 15.9 Å². The van der Waals surface area contributed by atoms with Gasteiger partial charge in [0.05, 0.1) is 4.47 Å². The molecule has 0 aliphatic heterocycles. The van der Waals surface area contributed by atoms with Gasteiger partial charge in [-0.05, 0) is 58.7 Å². The van der Waals surface area contributed by atoms with Crippen LogP contribution in [0.4, 0.5) is 18.9 Å². The van der Waals surface area contributed by atoms with Crippen molar-refractivity contribution in [3.8, 4) is 0 Å². The lowest BCUT2D eigenvalue weighted by atomic mass is 10.1. The lowest BCUT2D eigenvalue weighted by Gasteiger charge is -2.11. The first-order valence-electron chi connectivity index (χ1n) is 5.61. The summed E-state index contributed by atoms with van der Waals surface area (Å²) < 4.78 is 40.4. The number of hydrogen-bond acceptors (Lipinski definition) is 1. The van der Waals surface area contributed by atoms with Crippen LogP contribution < -0.4 is 5.32 Å². The minimum absolute atomic E-state index is 0.0103. The zero-order chi connectivity index (χ0) is 14.0. The van der Waals surface area contributed by atoms with Gasteiger partial charge in [0, 0.05) is 17.8 Å². The average Bonchev–Trinajstić information content (AvgIpc) is 2.36. The summed E-state index contributed by atoms with van der Waals surface area (Å²) in [6.07, 6.45) is 0. The number of rotatable bonds is 3. The third kappa shape index (κ3) is 3.10. The molecule has 0 aliphatic carbocycles. The number of anilines is 1. The molecule has 5 heteroatoms. The maximum atomic E-state index is 13.7. The molecule has 0 amide bonds. The van der Waals surface area contributed by atoms with Gasteiger partial charge >= 0.3 is 0 Å². The van der Waals surface area contributed by atoms with Crippen molar-refractivity contribution in [1.82, 2.24) is 0 Å². The quantitative estimate of drug-likeness (QED) is 0.798. The van der Waals surface area contributed by atoms with Crippen LogP contribution in [0.15, 0.2) is 34.8 Å². The van der Waals surface area contributed by atoms with Crippen LogP contribution in [0.5, 0.6) is 0 Å². The van der Waals surface area contributed by atoms with Crippen LogP contribution in [0.2, 0.25) is 0 Å². The van der Waals surface area contributed by atoms with E-state index < -0.39 is 11.6 Å². The summed E-state index contributed by atoms with van der Waals surface area (Å²) in [6.45, 7) is 1.71. The van der Waals surface area contributed by atoms with Crippen LogP contribution in [0.3, 0.4) is 0 Å². The molecule has 19 heavy (non-hydrogen) atoms. The standard InChI is InChI=1S/C14H11BrF3N/c1-8-6-9(16)2-5-13(8)19-7-10-12(17)4-3-11(15)14(10)18/h2-6,19H,7H2,1H3. The number of hydrogen-bond donors (Lipinski definition) is 1. The van der Waals surface area contributed by atoms with Gasteiger partial charge in [0.15, 0.2) is 0 Å². The van der Waals surface area contributed by atoms with Crippen LogP contribution in [-0.2, 0) is 6.54 Å². The van der Waals surface area contributed by atoms with Gasteiger partial charge in [-0.2, -0.15) is 0 Å². The van der Waals surface area contributed by atoms with E-state index in [-0.39, 0.29) is 22.4 Å². The number of aryl methyl sites for hydroxylation is 1. The van der Waals surface area contributed by atoms with Gasteiger partial charge in [0.2, 0.25) is 0 Å². The topological polar surface area (TPSA) is 12.0 Å². The summed E-state index contributed by atoms with van der Waals surface area (Å²) in [5.41, 5.74) is 1.26. The predicted molar refractivity (Wildman–Crippen MR) is 72.5 cm³/mol. The Morgan fingerprint density at radius 2 is 1.84 bits per heavy atom. The van der Waals surface area contributed by atoms with Gasteiger partial charge in [-0.3, -0.25) is 0 Å². The van der Waals surface area contributed by atoms with E-state index in [4.69, 9.17) is 0 Å². The summed E-state index contributed by atoms with van der Waals surface area (Å²) in [6, 6.07) is 6.70. The number of benzene rings is 2. The molecule has 0 aromatic heterocycles. The average molecular weight is 330 g/mol. The summed E-state index contributed by atoms with van der Waals surface area (Å²) in [7, 11) is 0. The fourth-order valence-corrected chi connectivity index (χ4v) is 2.11. The highest BCUT2D eigenvalue weighted by Gasteiger charge is 2.12. The largest absolute Gasteiger partial charge is 0.381 e. The van der Waals surface area contributed by atoms with E-state index in [2.05, 4.69) is 21.2 Å². The molecule has 0 saturated heterocycles. The molecule has 2 rings (SSSR count). The minimum atomic E-state index is -0.632. The first-order chi connectivity index (χ1) is 8.99. The summed E-state index contributed by atoms with van der Waals surface area (Å²) in [5, 5.41) is 2.90. The zero-order valence-corrected chi connectivity index (χ0v) is 11.7. The van der Waals surface area contributed by atoms with Gasteiger partial charge in [-0.15, -0.1) is 0 Å². The smallest absolute Gasteiger partial charge is 0.145 e. The predicted octanol–water partition coefficient (Wildman–Crippen LogP) is 4.79. The maximum Gasteiger partial charge on any atom is 0.145 e. The molecule has 0 unspecified atom stereocenters. The summed E-state index contributed by atoms with van der Waals surface area (Å²) >= 11 is 3.01. The molecule has 2 aromatic rings. The van der Waals surface area contributed by atoms with Crippen molar-refractivity contribution in [3.05, 3.63) is 63.4 Å². The van der Waals surface area contributed by atoms with Crippen LogP contribution in [-0.4, -0.2) is 0 Å². The van der Waals surface area contributed by atoms with Crippen molar-refractivity contribution in [1.29, 1.82) is 0 Å². The van der Waals surface area contributed by atoms with Crippen LogP contribution in [0, 0.1) is 24.4 Å². The van der Waals surface area contributed by atoms with Gasteiger partial charge in [-0.1, -0.05) is 0 Å². The molecular weight excluding hydrogens is 319 g/mol. The first kappa shape index (κ1) is 13.9. The van der Waals surface area contributed by atoms with Crippen molar-refractivity contribution in [3.63, 3.8) is 0 Å². The maximum absolute atomic E-state index is 13.7. The van der Waals surface area contributed by atoms with Gasteiger partial charge in [0.25, 0.3) is 0 Å². The fourth-order valence-electron chi connectivity index (χ4n) is 1.74. The highest BCUT2D eigenvalue weighted by molar-refractivity contribution is 9.10. The molecule has 0 spiro atoms. The van der Waals surface area contributed by atoms with E-state index in [1.807, 2.05) is 0 Å². The Balaban J connectivity index is 2.21. The Morgan fingerprint density at radius 1 is 1.11 bits per heavy atom. The SMILES string of the molecule is Cc1cc(F)ccc1NCc1c(F)ccc(Br)c1F. The molecule has 1 nitrogen and oxygen atoms in total. The Labute approximate surface area is 117 Å². The van der Waals surface area contributed by atoms with Crippen molar-refractivity contribution in [2.24, 2.45) is 0 Å². The van der Waals surface area contributed by atoms with Crippen molar-refractivity contribution in [2.75, 3.05) is 5.32 Å². The first-order valence-corrected chi connectivity index (χ1v) is 6.40. The van der Waals surface area contributed by atoms with Gasteiger partial charge in [-0.25, -0.2) is 13.2 Å². The number of nitrogens with one attached hydrogen (secondary N) is 1. The molecule has 0 aliphatic rings. The second-order valence-electron chi connectivity index (χ2n) is 4.13. The van der Waals surface area contributed by atoms with Crippen LogP contribution in [0.1, 0.15) is 11.1 Å². The van der Waals surface area contributed by atoms with E-state index in [1.54, 1.807) is 13.0 Å². The van der Waals surface area contributed by atoms with E-state index in [0.717, 1.165) is 0 Å². The van der Waals surface area contributed by atoms with Crippen LogP contribution in [0.25, 0.3) is 0 Å². The third-order valence-corrected chi connectivity index (χ3v) is 3.40. The second kappa shape index (κ2) is 5.65. The molecule has 0 radical (unpaired) electrons. The Kier molecular flexibility index (Phi) is 4.14. The van der Waals surface area contributed by atoms with Crippen molar-refractivity contribution in [2.45, 2.75) is 13.5 Å². The fraction of sp³-hybridized carbons (Fsp3) is 0.143. The molecule has 0 fully saturated rings. The van der Waals surface area contributed by atoms with Crippen molar-refractivity contribution >= 4 is 21.6 Å². The highest BCUT2D eigenvalue weighted by atomic mass is 79.9. The molecule has 2 aromatic carbocycles. The molecule has 0 saturated carbocycles. The number of halogens is 4. The molecular formula is C14H11BrF3N. The van der Waals surface area contributed by atoms with E-state index in [9.17, 15) is 13.2 Å². The summed E-state index contributed by atoms with van der Waals surface area (Å²) in [5.74, 6) is -1.59. The second-order valence-corrected chi connectivity index (χ2v) is 4.99. The van der Waals surface area contributed by atoms with E-state index >= 15 is 0 Å². The zero-order valence-electron chi connectivity index (χ0n) is 10.1. The Bertz CT molecular complexity index is 614. The van der Waals surface area contributed by atoms with Crippen molar-refractivity contribution < 1.29 is 13.2 Å². The molecule has 0 heterocycles. The normalized spacial score (nSPS) is 10.6. The lowest BCUT2D eigenvalue weighted by molar-refractivity contribution is 0.555. The molecule has 0 bridgehead atoms. The highest BCUT2D eigenvalue weighted by Crippen LogP contribution is 2.23. The molecule has 100 valence electrons. The monoisotopic (exact) mass is 329 g/mol. The van der Waals surface area contributed by atoms with E-state index in [0.29, 0.717) is 11.3 Å². The summed E-state index contributed by atoms with van der Waals surface area (Å²) in [4.78, 5) is 0. The lowest BCUT2D eigenvalue weighted by Crippen LogP contribution is -2.06. The van der Waals surface area contributed by atoms with E-state index in [1.165, 1.54) is 24.3 Å². The Hall–Kier alpha value is -1.49. The molecule has 0 atom stereocenters. The molecule has 1 N–H and O–H groups in total. The van der Waals surface area contributed by atoms with Gasteiger partial charge in [0.1, 0.15) is 17.5 Å². The third-order valence-electron chi connectivity index (χ3n) is 2.78. The van der Waals surface area contributed by atoms with Gasteiger partial charge < -0.3 is 5.32 Å². The minimum Gasteiger partial charge on any atom is -0.381 e. The Morgan fingerprint density at radius 3 is 2.53 bits per heavy atom.